The zero-order chi connectivity index (χ0) is 13.0. The van der Waals surface area contributed by atoms with Gasteiger partial charge in [0.1, 0.15) is 0 Å². The summed E-state index contributed by atoms with van der Waals surface area (Å²) in [6, 6.07) is 5.89. The molecule has 0 fully saturated rings. The standard InChI is InChI=1S/C12H13NO3S/c1-8(2)9(3)12(14)17-11-6-4-10(5-7-11)13(15)16/h4-8H,3H2,1-2H3. The minimum atomic E-state index is -0.469. The molecule has 1 aromatic carbocycles. The van der Waals surface area contributed by atoms with Crippen LogP contribution in [0.5, 0.6) is 0 Å². The maximum absolute atomic E-state index is 11.7. The number of carbonyl (C=O) groups is 1. The van der Waals surface area contributed by atoms with Gasteiger partial charge in [-0.25, -0.2) is 0 Å². The third-order valence-electron chi connectivity index (χ3n) is 2.22. The molecule has 0 atom stereocenters. The van der Waals surface area contributed by atoms with Gasteiger partial charge in [0.25, 0.3) is 5.69 Å². The number of hydrogen-bond donors (Lipinski definition) is 0. The molecule has 0 bridgehead atoms. The van der Waals surface area contributed by atoms with Gasteiger partial charge < -0.3 is 0 Å². The third-order valence-corrected chi connectivity index (χ3v) is 3.17. The molecule has 4 nitrogen and oxygen atoms in total. The zero-order valence-electron chi connectivity index (χ0n) is 9.67. The predicted octanol–water partition coefficient (Wildman–Crippen LogP) is 3.43. The number of rotatable bonds is 4. The summed E-state index contributed by atoms with van der Waals surface area (Å²) < 4.78 is 0. The molecular weight excluding hydrogens is 238 g/mol. The van der Waals surface area contributed by atoms with Crippen LogP contribution >= 0.6 is 11.8 Å². The summed E-state index contributed by atoms with van der Waals surface area (Å²) in [5.74, 6) is 0.105. The van der Waals surface area contributed by atoms with Crippen LogP contribution in [0.15, 0.2) is 41.3 Å². The van der Waals surface area contributed by atoms with Gasteiger partial charge in [0.05, 0.1) is 4.92 Å². The largest absolute Gasteiger partial charge is 0.282 e. The lowest BCUT2D eigenvalue weighted by Crippen LogP contribution is -2.02. The minimum absolute atomic E-state index is 0.0180. The van der Waals surface area contributed by atoms with Crippen LogP contribution in [0, 0.1) is 16.0 Å². The number of non-ortho nitro benzene ring substituents is 1. The first-order chi connectivity index (χ1) is 7.91. The fourth-order valence-electron chi connectivity index (χ4n) is 1.04. The van der Waals surface area contributed by atoms with Crippen LogP contribution in [0.4, 0.5) is 5.69 Å². The Labute approximate surface area is 104 Å². The molecule has 0 aliphatic carbocycles. The Morgan fingerprint density at radius 2 is 1.88 bits per heavy atom. The lowest BCUT2D eigenvalue weighted by atomic mass is 10.1. The molecule has 0 aliphatic heterocycles. The van der Waals surface area contributed by atoms with Crippen LogP contribution < -0.4 is 0 Å². The number of thioether (sulfide) groups is 1. The summed E-state index contributed by atoms with van der Waals surface area (Å²) in [5.41, 5.74) is 0.567. The second-order valence-corrected chi connectivity index (χ2v) is 4.87. The van der Waals surface area contributed by atoms with E-state index in [4.69, 9.17) is 0 Å². The Balaban J connectivity index is 2.73. The summed E-state index contributed by atoms with van der Waals surface area (Å²) in [4.78, 5) is 22.4. The first-order valence-electron chi connectivity index (χ1n) is 5.07. The lowest BCUT2D eigenvalue weighted by Gasteiger charge is -2.07. The van der Waals surface area contributed by atoms with E-state index in [2.05, 4.69) is 6.58 Å². The number of nitrogens with zero attached hydrogens (tertiary/aromatic N) is 1. The highest BCUT2D eigenvalue weighted by Gasteiger charge is 2.13. The first kappa shape index (κ1) is 13.4. The van der Waals surface area contributed by atoms with Gasteiger partial charge in [-0.1, -0.05) is 20.4 Å². The van der Waals surface area contributed by atoms with E-state index >= 15 is 0 Å². The minimum Gasteiger partial charge on any atom is -0.282 e. The highest BCUT2D eigenvalue weighted by Crippen LogP contribution is 2.26. The fraction of sp³-hybridized carbons (Fsp3) is 0.250. The second kappa shape index (κ2) is 5.63. The van der Waals surface area contributed by atoms with Crippen molar-refractivity contribution < 1.29 is 9.72 Å². The zero-order valence-corrected chi connectivity index (χ0v) is 10.5. The molecule has 17 heavy (non-hydrogen) atoms. The Bertz CT molecular complexity index is 451. The molecule has 0 saturated heterocycles. The number of nitro benzene ring substituents is 1. The van der Waals surface area contributed by atoms with Gasteiger partial charge in [-0.15, -0.1) is 0 Å². The van der Waals surface area contributed by atoms with Crippen LogP contribution in [0.1, 0.15) is 13.8 Å². The van der Waals surface area contributed by atoms with Crippen molar-refractivity contribution in [3.8, 4) is 0 Å². The van der Waals surface area contributed by atoms with Gasteiger partial charge in [-0.3, -0.25) is 14.9 Å². The van der Waals surface area contributed by atoms with Gasteiger partial charge in [0.2, 0.25) is 5.12 Å². The Hall–Kier alpha value is -1.62. The van der Waals surface area contributed by atoms with Gasteiger partial charge in [-0.05, 0) is 29.8 Å². The molecule has 0 N–H and O–H groups in total. The van der Waals surface area contributed by atoms with E-state index in [1.807, 2.05) is 13.8 Å². The van der Waals surface area contributed by atoms with E-state index in [-0.39, 0.29) is 16.7 Å². The number of benzene rings is 1. The Morgan fingerprint density at radius 3 is 2.29 bits per heavy atom. The molecule has 90 valence electrons. The summed E-state index contributed by atoms with van der Waals surface area (Å²) in [5, 5.41) is 10.3. The molecule has 1 rings (SSSR count). The molecule has 0 aromatic heterocycles. The van der Waals surface area contributed by atoms with Crippen molar-refractivity contribution in [3.63, 3.8) is 0 Å². The maximum Gasteiger partial charge on any atom is 0.269 e. The maximum atomic E-state index is 11.7. The molecule has 0 spiro atoms. The van der Waals surface area contributed by atoms with E-state index in [1.165, 1.54) is 12.1 Å². The molecule has 0 unspecified atom stereocenters. The fourth-order valence-corrected chi connectivity index (χ4v) is 1.90. The van der Waals surface area contributed by atoms with Crippen LogP contribution in [0.25, 0.3) is 0 Å². The van der Waals surface area contributed by atoms with Gasteiger partial charge in [-0.2, -0.15) is 0 Å². The third kappa shape index (κ3) is 3.71. The molecule has 0 heterocycles. The van der Waals surface area contributed by atoms with Gasteiger partial charge in [0, 0.05) is 22.6 Å². The molecule has 0 amide bonds. The molecular formula is C12H13NO3S. The molecule has 0 radical (unpaired) electrons. The average Bonchev–Trinajstić information content (AvgIpc) is 2.28. The Kier molecular flexibility index (Phi) is 4.45. The van der Waals surface area contributed by atoms with Gasteiger partial charge >= 0.3 is 0 Å². The van der Waals surface area contributed by atoms with Crippen molar-refractivity contribution >= 4 is 22.6 Å². The summed E-state index contributed by atoms with van der Waals surface area (Å²) in [7, 11) is 0. The van der Waals surface area contributed by atoms with Crippen LogP contribution in [-0.4, -0.2) is 10.0 Å². The van der Waals surface area contributed by atoms with Crippen molar-refractivity contribution in [2.24, 2.45) is 5.92 Å². The monoisotopic (exact) mass is 251 g/mol. The van der Waals surface area contributed by atoms with Crippen molar-refractivity contribution in [2.75, 3.05) is 0 Å². The van der Waals surface area contributed by atoms with Crippen molar-refractivity contribution in [1.82, 2.24) is 0 Å². The molecule has 5 heteroatoms. The second-order valence-electron chi connectivity index (χ2n) is 3.82. The Morgan fingerprint density at radius 1 is 1.35 bits per heavy atom. The summed E-state index contributed by atoms with van der Waals surface area (Å²) in [6.45, 7) is 7.52. The number of hydrogen-bond acceptors (Lipinski definition) is 4. The van der Waals surface area contributed by atoms with Crippen molar-refractivity contribution in [1.29, 1.82) is 0 Å². The smallest absolute Gasteiger partial charge is 0.269 e. The molecule has 1 aromatic rings. The van der Waals surface area contributed by atoms with Crippen LogP contribution in [0.2, 0.25) is 0 Å². The van der Waals surface area contributed by atoms with E-state index in [0.29, 0.717) is 10.5 Å². The quantitative estimate of drug-likeness (QED) is 0.356. The van der Waals surface area contributed by atoms with Crippen molar-refractivity contribution in [3.05, 3.63) is 46.5 Å². The van der Waals surface area contributed by atoms with Crippen LogP contribution in [-0.2, 0) is 4.79 Å². The van der Waals surface area contributed by atoms with Crippen molar-refractivity contribution in [2.45, 2.75) is 18.7 Å². The number of carbonyl (C=O) groups excluding carboxylic acids is 1. The molecule has 0 aliphatic rings. The van der Waals surface area contributed by atoms with E-state index in [1.54, 1.807) is 12.1 Å². The van der Waals surface area contributed by atoms with E-state index in [0.717, 1.165) is 11.8 Å². The summed E-state index contributed by atoms with van der Waals surface area (Å²) in [6.07, 6.45) is 0. The van der Waals surface area contributed by atoms with Crippen LogP contribution in [0.3, 0.4) is 0 Å². The SMILES string of the molecule is C=C(C(=O)Sc1ccc([N+](=O)[O-])cc1)C(C)C. The van der Waals surface area contributed by atoms with E-state index < -0.39 is 4.92 Å². The lowest BCUT2D eigenvalue weighted by molar-refractivity contribution is -0.384. The average molecular weight is 251 g/mol. The number of nitro groups is 1. The van der Waals surface area contributed by atoms with E-state index in [9.17, 15) is 14.9 Å². The topological polar surface area (TPSA) is 60.2 Å². The highest BCUT2D eigenvalue weighted by molar-refractivity contribution is 8.14. The highest BCUT2D eigenvalue weighted by atomic mass is 32.2. The predicted molar refractivity (Wildman–Crippen MR) is 67.9 cm³/mol. The normalized spacial score (nSPS) is 10.3. The summed E-state index contributed by atoms with van der Waals surface area (Å²) >= 11 is 1.04. The van der Waals surface area contributed by atoms with Gasteiger partial charge in [0.15, 0.2) is 0 Å². The first-order valence-corrected chi connectivity index (χ1v) is 5.89. The molecule has 0 saturated carbocycles.